The van der Waals surface area contributed by atoms with Gasteiger partial charge in [0.2, 0.25) is 0 Å². The highest BCUT2D eigenvalue weighted by molar-refractivity contribution is 9.10. The minimum Gasteiger partial charge on any atom is -0.479 e. The first-order valence-corrected chi connectivity index (χ1v) is 6.79. The van der Waals surface area contributed by atoms with E-state index in [-0.39, 0.29) is 21.8 Å². The Hall–Kier alpha value is -1.30. The summed E-state index contributed by atoms with van der Waals surface area (Å²) in [6.45, 7) is 6.15. The molecule has 1 aromatic rings. The summed E-state index contributed by atoms with van der Waals surface area (Å²) in [4.78, 5) is 11.7. The van der Waals surface area contributed by atoms with Gasteiger partial charge in [-0.2, -0.15) is 0 Å². The molecule has 0 aliphatic rings. The lowest BCUT2D eigenvalue weighted by Gasteiger charge is -2.17. The normalized spacial score (nSPS) is 12.3. The van der Waals surface area contributed by atoms with Crippen molar-refractivity contribution < 1.29 is 13.9 Å². The molecular weight excluding hydrogens is 315 g/mol. The van der Waals surface area contributed by atoms with Crippen molar-refractivity contribution in [2.45, 2.75) is 26.9 Å². The van der Waals surface area contributed by atoms with Crippen LogP contribution in [0.15, 0.2) is 16.6 Å². The Kier molecular flexibility index (Phi) is 5.60. The van der Waals surface area contributed by atoms with Crippen molar-refractivity contribution in [2.24, 2.45) is 5.92 Å². The first-order chi connectivity index (χ1) is 8.81. The molecule has 19 heavy (non-hydrogen) atoms. The summed E-state index contributed by atoms with van der Waals surface area (Å²) in [6, 6.07) is 2.56. The third kappa shape index (κ3) is 4.70. The summed E-state index contributed by atoms with van der Waals surface area (Å²) in [5.74, 6) is -0.227. The number of nitrogens with two attached hydrogens (primary N) is 1. The van der Waals surface area contributed by atoms with Crippen LogP contribution in [0.2, 0.25) is 0 Å². The molecular formula is C13H18BrFN2O2. The third-order valence-corrected chi connectivity index (χ3v) is 3.02. The maximum Gasteiger partial charge on any atom is 0.260 e. The van der Waals surface area contributed by atoms with E-state index in [4.69, 9.17) is 10.5 Å². The number of ether oxygens (including phenoxy) is 1. The van der Waals surface area contributed by atoms with Gasteiger partial charge in [-0.05, 0) is 34.8 Å². The number of carbonyl (C=O) groups excluding carboxylic acids is 1. The SMILES string of the molecule is CC(C)CNC(=O)C(C)Oc1cc(F)c(Br)cc1N. The van der Waals surface area contributed by atoms with Crippen LogP contribution >= 0.6 is 15.9 Å². The van der Waals surface area contributed by atoms with Crippen LogP contribution in [-0.4, -0.2) is 18.6 Å². The predicted molar refractivity (Wildman–Crippen MR) is 76.5 cm³/mol. The second-order valence-electron chi connectivity index (χ2n) is 4.70. The van der Waals surface area contributed by atoms with Gasteiger partial charge in [0.1, 0.15) is 11.6 Å². The second-order valence-corrected chi connectivity index (χ2v) is 5.56. The molecule has 0 aliphatic carbocycles. The molecule has 1 amide bonds. The average Bonchev–Trinajstić information content (AvgIpc) is 2.32. The number of hydrogen-bond acceptors (Lipinski definition) is 3. The number of anilines is 1. The summed E-state index contributed by atoms with van der Waals surface area (Å²) in [5, 5.41) is 2.74. The van der Waals surface area contributed by atoms with Gasteiger partial charge in [0.05, 0.1) is 10.2 Å². The van der Waals surface area contributed by atoms with Crippen LogP contribution in [0.4, 0.5) is 10.1 Å². The van der Waals surface area contributed by atoms with Gasteiger partial charge in [-0.1, -0.05) is 13.8 Å². The predicted octanol–water partition coefficient (Wildman–Crippen LogP) is 2.71. The van der Waals surface area contributed by atoms with Crippen molar-refractivity contribution in [3.8, 4) is 5.75 Å². The largest absolute Gasteiger partial charge is 0.479 e. The van der Waals surface area contributed by atoms with E-state index >= 15 is 0 Å². The fourth-order valence-corrected chi connectivity index (χ4v) is 1.70. The van der Waals surface area contributed by atoms with E-state index in [1.807, 2.05) is 13.8 Å². The number of hydrogen-bond donors (Lipinski definition) is 2. The van der Waals surface area contributed by atoms with Crippen LogP contribution in [0.25, 0.3) is 0 Å². The highest BCUT2D eigenvalue weighted by Gasteiger charge is 2.17. The highest BCUT2D eigenvalue weighted by Crippen LogP contribution is 2.29. The molecule has 0 fully saturated rings. The van der Waals surface area contributed by atoms with Crippen LogP contribution in [0.5, 0.6) is 5.75 Å². The topological polar surface area (TPSA) is 64.3 Å². The van der Waals surface area contributed by atoms with Crippen LogP contribution in [-0.2, 0) is 4.79 Å². The highest BCUT2D eigenvalue weighted by atomic mass is 79.9. The first-order valence-electron chi connectivity index (χ1n) is 6.00. The number of benzene rings is 1. The second kappa shape index (κ2) is 6.75. The maximum absolute atomic E-state index is 13.4. The lowest BCUT2D eigenvalue weighted by Crippen LogP contribution is -2.38. The van der Waals surface area contributed by atoms with Gasteiger partial charge in [0.25, 0.3) is 5.91 Å². The van der Waals surface area contributed by atoms with Crippen LogP contribution in [0, 0.1) is 11.7 Å². The van der Waals surface area contributed by atoms with Crippen molar-refractivity contribution in [1.29, 1.82) is 0 Å². The van der Waals surface area contributed by atoms with Crippen molar-refractivity contribution in [1.82, 2.24) is 5.32 Å². The zero-order chi connectivity index (χ0) is 14.6. The van der Waals surface area contributed by atoms with E-state index in [0.717, 1.165) is 6.07 Å². The molecule has 3 N–H and O–H groups in total. The zero-order valence-corrected chi connectivity index (χ0v) is 12.8. The van der Waals surface area contributed by atoms with E-state index in [1.165, 1.54) is 6.07 Å². The van der Waals surface area contributed by atoms with E-state index in [0.29, 0.717) is 12.5 Å². The number of amides is 1. The summed E-state index contributed by atoms with van der Waals surface area (Å²) in [7, 11) is 0. The van der Waals surface area contributed by atoms with Crippen molar-refractivity contribution in [3.05, 3.63) is 22.4 Å². The van der Waals surface area contributed by atoms with Gasteiger partial charge < -0.3 is 15.8 Å². The lowest BCUT2D eigenvalue weighted by molar-refractivity contribution is -0.127. The first kappa shape index (κ1) is 15.8. The van der Waals surface area contributed by atoms with Crippen LogP contribution in [0.1, 0.15) is 20.8 Å². The monoisotopic (exact) mass is 332 g/mol. The number of rotatable bonds is 5. The number of nitrogens with one attached hydrogen (secondary N) is 1. The Bertz CT molecular complexity index is 466. The van der Waals surface area contributed by atoms with Gasteiger partial charge >= 0.3 is 0 Å². The van der Waals surface area contributed by atoms with E-state index < -0.39 is 11.9 Å². The molecule has 0 spiro atoms. The molecule has 0 radical (unpaired) electrons. The van der Waals surface area contributed by atoms with Crippen LogP contribution < -0.4 is 15.8 Å². The smallest absolute Gasteiger partial charge is 0.260 e. The number of halogens is 2. The van der Waals surface area contributed by atoms with Gasteiger partial charge in [0.15, 0.2) is 6.10 Å². The Morgan fingerprint density at radius 3 is 2.68 bits per heavy atom. The summed E-state index contributed by atoms with van der Waals surface area (Å²) >= 11 is 3.03. The summed E-state index contributed by atoms with van der Waals surface area (Å²) in [5.41, 5.74) is 5.98. The van der Waals surface area contributed by atoms with Crippen molar-refractivity contribution in [3.63, 3.8) is 0 Å². The third-order valence-electron chi connectivity index (χ3n) is 2.41. The molecule has 0 aliphatic heterocycles. The molecule has 0 bridgehead atoms. The van der Waals surface area contributed by atoms with Crippen LogP contribution in [0.3, 0.4) is 0 Å². The minimum absolute atomic E-state index is 0.160. The standard InChI is InChI=1S/C13H18BrFN2O2/c1-7(2)6-17-13(18)8(3)19-12-5-10(15)9(14)4-11(12)16/h4-5,7-8H,6,16H2,1-3H3,(H,17,18). The molecule has 1 aromatic carbocycles. The summed E-state index contributed by atoms with van der Waals surface area (Å²) < 4.78 is 19.0. The zero-order valence-electron chi connectivity index (χ0n) is 11.2. The average molecular weight is 333 g/mol. The molecule has 0 saturated carbocycles. The van der Waals surface area contributed by atoms with Crippen molar-refractivity contribution in [2.75, 3.05) is 12.3 Å². The Morgan fingerprint density at radius 1 is 1.47 bits per heavy atom. The molecule has 106 valence electrons. The lowest BCUT2D eigenvalue weighted by atomic mass is 10.2. The molecule has 0 saturated heterocycles. The van der Waals surface area contributed by atoms with E-state index in [9.17, 15) is 9.18 Å². The molecule has 6 heteroatoms. The number of nitrogen functional groups attached to an aromatic ring is 1. The van der Waals surface area contributed by atoms with Gasteiger partial charge in [0, 0.05) is 12.6 Å². The molecule has 1 rings (SSSR count). The Morgan fingerprint density at radius 2 is 2.11 bits per heavy atom. The fourth-order valence-electron chi connectivity index (χ4n) is 1.34. The van der Waals surface area contributed by atoms with Gasteiger partial charge in [-0.3, -0.25) is 4.79 Å². The fraction of sp³-hybridized carbons (Fsp3) is 0.462. The molecule has 4 nitrogen and oxygen atoms in total. The van der Waals surface area contributed by atoms with E-state index in [1.54, 1.807) is 6.92 Å². The Balaban J connectivity index is 2.69. The number of carbonyl (C=O) groups is 1. The molecule has 1 atom stereocenters. The maximum atomic E-state index is 13.4. The molecule has 0 aromatic heterocycles. The molecule has 1 unspecified atom stereocenters. The van der Waals surface area contributed by atoms with Crippen molar-refractivity contribution >= 4 is 27.5 Å². The summed E-state index contributed by atoms with van der Waals surface area (Å²) in [6.07, 6.45) is -0.735. The van der Waals surface area contributed by atoms with Gasteiger partial charge in [-0.15, -0.1) is 0 Å². The minimum atomic E-state index is -0.735. The molecule has 0 heterocycles. The van der Waals surface area contributed by atoms with E-state index in [2.05, 4.69) is 21.2 Å². The van der Waals surface area contributed by atoms with Gasteiger partial charge in [-0.25, -0.2) is 4.39 Å². The Labute approximate surface area is 120 Å². The quantitative estimate of drug-likeness (QED) is 0.815.